The Morgan fingerprint density at radius 1 is 1.15 bits per heavy atom. The molecule has 2 heterocycles. The Kier molecular flexibility index (Phi) is 5.98. The van der Waals surface area contributed by atoms with Crippen LogP contribution in [0, 0.1) is 12.8 Å². The van der Waals surface area contributed by atoms with Crippen molar-refractivity contribution in [2.75, 3.05) is 6.61 Å². The second-order valence-corrected chi connectivity index (χ2v) is 9.89. The molecule has 5 rings (SSSR count). The topological polar surface area (TPSA) is 99.4 Å². The Hall–Kier alpha value is -3.42. The highest BCUT2D eigenvalue weighted by atomic mass is 16.6. The molecular formula is C26H30N4O4. The number of rotatable bonds is 9. The first-order valence-corrected chi connectivity index (χ1v) is 11.9. The number of ether oxygens (including phenoxy) is 2. The number of aryl methyl sites for hydroxylation is 1. The van der Waals surface area contributed by atoms with E-state index in [1.165, 1.54) is 19.0 Å². The second kappa shape index (κ2) is 9.08. The molecule has 2 aromatic heterocycles. The van der Waals surface area contributed by atoms with Crippen LogP contribution in [0.15, 0.2) is 40.9 Å². The van der Waals surface area contributed by atoms with E-state index in [0.717, 1.165) is 35.6 Å². The molecule has 0 spiro atoms. The number of benzene rings is 1. The van der Waals surface area contributed by atoms with E-state index >= 15 is 0 Å². The molecule has 0 radical (unpaired) electrons. The molecule has 0 saturated heterocycles. The summed E-state index contributed by atoms with van der Waals surface area (Å²) >= 11 is 0. The Labute approximate surface area is 199 Å². The van der Waals surface area contributed by atoms with Crippen molar-refractivity contribution < 1.29 is 18.7 Å². The molecule has 1 aromatic carbocycles. The fraction of sp³-hybridized carbons (Fsp3) is 0.462. The molecular weight excluding hydrogens is 432 g/mol. The quantitative estimate of drug-likeness (QED) is 0.466. The van der Waals surface area contributed by atoms with Crippen molar-refractivity contribution in [1.29, 1.82) is 0 Å². The molecule has 8 heteroatoms. The summed E-state index contributed by atoms with van der Waals surface area (Å²) in [5.41, 5.74) is 1.94. The van der Waals surface area contributed by atoms with Crippen LogP contribution in [0.25, 0.3) is 11.5 Å². The van der Waals surface area contributed by atoms with E-state index in [4.69, 9.17) is 13.9 Å². The maximum atomic E-state index is 12.7. The van der Waals surface area contributed by atoms with Gasteiger partial charge >= 0.3 is 6.09 Å². The number of hydrogen-bond donors (Lipinski definition) is 1. The number of nitrogens with zero attached hydrogens (tertiary/aromatic N) is 3. The minimum absolute atomic E-state index is 0.132. The molecule has 8 nitrogen and oxygen atoms in total. The predicted octanol–water partition coefficient (Wildman–Crippen LogP) is 5.22. The molecule has 2 fully saturated rings. The number of oxazole rings is 1. The molecule has 3 aromatic rings. The highest BCUT2D eigenvalue weighted by Crippen LogP contribution is 2.43. The standard InChI is InChI=1S/C26H30N4O4/c1-16-20(28-23(33-16)19-7-5-4-6-8-19)13-26(2,3)30-25(31)34-21-14-27-22(18-11-12-18)24(29-21)32-15-17-9-10-17/h4-8,14,17-18H,9-13,15H2,1-3H3,(H,30,31). The van der Waals surface area contributed by atoms with Crippen LogP contribution in [0.2, 0.25) is 0 Å². The Balaban J connectivity index is 1.22. The number of carbonyl (C=O) groups excluding carboxylic acids is 1. The zero-order chi connectivity index (χ0) is 23.7. The van der Waals surface area contributed by atoms with Crippen molar-refractivity contribution >= 4 is 6.09 Å². The van der Waals surface area contributed by atoms with Crippen molar-refractivity contribution in [1.82, 2.24) is 20.3 Å². The van der Waals surface area contributed by atoms with Gasteiger partial charge in [-0.25, -0.2) is 14.8 Å². The monoisotopic (exact) mass is 462 g/mol. The van der Waals surface area contributed by atoms with Crippen LogP contribution >= 0.6 is 0 Å². The molecule has 0 unspecified atom stereocenters. The van der Waals surface area contributed by atoms with Gasteiger partial charge in [0.1, 0.15) is 11.5 Å². The third-order valence-electron chi connectivity index (χ3n) is 6.02. The smallest absolute Gasteiger partial charge is 0.414 e. The maximum Gasteiger partial charge on any atom is 0.414 e. The van der Waals surface area contributed by atoms with Crippen molar-refractivity contribution in [3.8, 4) is 23.2 Å². The molecule has 178 valence electrons. The van der Waals surface area contributed by atoms with Gasteiger partial charge in [0.25, 0.3) is 0 Å². The van der Waals surface area contributed by atoms with Crippen LogP contribution < -0.4 is 14.8 Å². The lowest BCUT2D eigenvalue weighted by atomic mass is 9.98. The van der Waals surface area contributed by atoms with Crippen LogP contribution in [0.4, 0.5) is 4.79 Å². The maximum absolute atomic E-state index is 12.7. The normalized spacial score (nSPS) is 15.7. The molecule has 0 bridgehead atoms. The first kappa shape index (κ1) is 22.4. The van der Waals surface area contributed by atoms with E-state index in [-0.39, 0.29) is 5.88 Å². The zero-order valence-corrected chi connectivity index (χ0v) is 19.8. The molecule has 2 aliphatic carbocycles. The molecule has 0 atom stereocenters. The minimum Gasteiger partial charge on any atom is -0.476 e. The van der Waals surface area contributed by atoms with Crippen molar-refractivity contribution in [2.45, 2.75) is 64.3 Å². The van der Waals surface area contributed by atoms with Crippen LogP contribution in [0.1, 0.15) is 62.6 Å². The summed E-state index contributed by atoms with van der Waals surface area (Å²) in [6, 6.07) is 9.74. The summed E-state index contributed by atoms with van der Waals surface area (Å²) in [5.74, 6) is 2.91. The molecule has 34 heavy (non-hydrogen) atoms. The number of nitrogens with one attached hydrogen (secondary N) is 1. The zero-order valence-electron chi connectivity index (χ0n) is 19.8. The van der Waals surface area contributed by atoms with Crippen molar-refractivity contribution in [2.24, 2.45) is 5.92 Å². The van der Waals surface area contributed by atoms with E-state index in [0.29, 0.717) is 36.6 Å². The largest absolute Gasteiger partial charge is 0.476 e. The van der Waals surface area contributed by atoms with Gasteiger partial charge < -0.3 is 19.2 Å². The molecule has 0 aliphatic heterocycles. The van der Waals surface area contributed by atoms with Gasteiger partial charge in [-0.05, 0) is 64.5 Å². The SMILES string of the molecule is Cc1oc(-c2ccccc2)nc1CC(C)(C)NC(=O)Oc1cnc(C2CC2)c(OCC2CC2)n1. The summed E-state index contributed by atoms with van der Waals surface area (Å²) in [4.78, 5) is 26.2. The lowest BCUT2D eigenvalue weighted by Crippen LogP contribution is -2.46. The van der Waals surface area contributed by atoms with E-state index in [1.807, 2.05) is 51.1 Å². The highest BCUT2D eigenvalue weighted by Gasteiger charge is 2.32. The molecule has 1 N–H and O–H groups in total. The fourth-order valence-electron chi connectivity index (χ4n) is 3.80. The first-order chi connectivity index (χ1) is 16.4. The number of carbonyl (C=O) groups is 1. The molecule has 2 aliphatic rings. The van der Waals surface area contributed by atoms with Gasteiger partial charge in [0.05, 0.1) is 18.5 Å². The average Bonchev–Trinajstić information content (AvgIpc) is 3.72. The van der Waals surface area contributed by atoms with E-state index < -0.39 is 11.6 Å². The lowest BCUT2D eigenvalue weighted by Gasteiger charge is -2.24. The van der Waals surface area contributed by atoms with E-state index in [1.54, 1.807) is 0 Å². The van der Waals surface area contributed by atoms with Crippen LogP contribution in [-0.2, 0) is 6.42 Å². The molecule has 1 amide bonds. The first-order valence-electron chi connectivity index (χ1n) is 11.9. The van der Waals surface area contributed by atoms with Crippen molar-refractivity contribution in [3.05, 3.63) is 53.7 Å². The fourth-order valence-corrected chi connectivity index (χ4v) is 3.80. The lowest BCUT2D eigenvalue weighted by molar-refractivity contribution is 0.185. The number of hydrogen-bond acceptors (Lipinski definition) is 7. The second-order valence-electron chi connectivity index (χ2n) is 9.89. The summed E-state index contributed by atoms with van der Waals surface area (Å²) in [7, 11) is 0. The summed E-state index contributed by atoms with van der Waals surface area (Å²) in [6.45, 7) is 6.34. The number of amides is 1. The summed E-state index contributed by atoms with van der Waals surface area (Å²) < 4.78 is 17.2. The highest BCUT2D eigenvalue weighted by molar-refractivity contribution is 5.70. The van der Waals surface area contributed by atoms with Crippen LogP contribution in [0.3, 0.4) is 0 Å². The number of aromatic nitrogens is 3. The third kappa shape index (κ3) is 5.55. The van der Waals surface area contributed by atoms with E-state index in [9.17, 15) is 4.79 Å². The van der Waals surface area contributed by atoms with Crippen LogP contribution in [0.5, 0.6) is 11.8 Å². The van der Waals surface area contributed by atoms with Gasteiger partial charge in [-0.15, -0.1) is 0 Å². The van der Waals surface area contributed by atoms with Crippen molar-refractivity contribution in [3.63, 3.8) is 0 Å². The Morgan fingerprint density at radius 3 is 2.62 bits per heavy atom. The summed E-state index contributed by atoms with van der Waals surface area (Å²) in [6.07, 6.45) is 5.95. The molecule has 2 saturated carbocycles. The van der Waals surface area contributed by atoms with Gasteiger partial charge in [0.2, 0.25) is 17.7 Å². The van der Waals surface area contributed by atoms with Gasteiger partial charge in [0.15, 0.2) is 0 Å². The Bertz CT molecular complexity index is 1170. The van der Waals surface area contributed by atoms with Crippen LogP contribution in [-0.4, -0.2) is 33.2 Å². The van der Waals surface area contributed by atoms with Gasteiger partial charge in [-0.3, -0.25) is 0 Å². The Morgan fingerprint density at radius 2 is 1.91 bits per heavy atom. The van der Waals surface area contributed by atoms with Gasteiger partial charge in [-0.2, -0.15) is 4.98 Å². The minimum atomic E-state index is -0.626. The third-order valence-corrected chi connectivity index (χ3v) is 6.02. The van der Waals surface area contributed by atoms with Gasteiger partial charge in [0, 0.05) is 23.4 Å². The summed E-state index contributed by atoms with van der Waals surface area (Å²) in [5, 5.41) is 2.91. The average molecular weight is 463 g/mol. The predicted molar refractivity (Wildman–Crippen MR) is 126 cm³/mol. The van der Waals surface area contributed by atoms with E-state index in [2.05, 4.69) is 20.3 Å². The van der Waals surface area contributed by atoms with Gasteiger partial charge in [-0.1, -0.05) is 18.2 Å².